The monoisotopic (exact) mass is 442 g/mol. The summed E-state index contributed by atoms with van der Waals surface area (Å²) < 4.78 is 27.2. The van der Waals surface area contributed by atoms with E-state index in [4.69, 9.17) is 0 Å². The standard InChI is InChI=1S/C24H30N2O4S/c1-3-4-5-20-6-8-21(9-7-20)18-24(28)25-14-16-26(17-15-25)31(29,30)23-12-10-22(11-13-23)19(2)27/h6-13H,3-5,14-18H2,1-2H3. The summed E-state index contributed by atoms with van der Waals surface area (Å²) in [6.07, 6.45) is 3.70. The van der Waals surface area contributed by atoms with Gasteiger partial charge >= 0.3 is 0 Å². The third-order valence-electron chi connectivity index (χ3n) is 5.69. The normalized spacial score (nSPS) is 15.1. The van der Waals surface area contributed by atoms with Crippen LogP contribution in [0, 0.1) is 0 Å². The second kappa shape index (κ2) is 10.2. The second-order valence-corrected chi connectivity index (χ2v) is 9.90. The summed E-state index contributed by atoms with van der Waals surface area (Å²) in [5.74, 6) is -0.0872. The van der Waals surface area contributed by atoms with Crippen molar-refractivity contribution >= 4 is 21.7 Å². The van der Waals surface area contributed by atoms with Crippen LogP contribution in [0.15, 0.2) is 53.4 Å². The first kappa shape index (κ1) is 23.2. The molecule has 0 aromatic heterocycles. The number of unbranched alkanes of at least 4 members (excludes halogenated alkanes) is 1. The molecule has 0 N–H and O–H groups in total. The Labute approximate surface area is 184 Å². The van der Waals surface area contributed by atoms with Gasteiger partial charge in [0.25, 0.3) is 0 Å². The van der Waals surface area contributed by atoms with Gasteiger partial charge in [-0.25, -0.2) is 8.42 Å². The number of nitrogens with zero attached hydrogens (tertiary/aromatic N) is 2. The van der Waals surface area contributed by atoms with E-state index in [1.807, 2.05) is 12.1 Å². The van der Waals surface area contributed by atoms with Crippen LogP contribution in [0.4, 0.5) is 0 Å². The Morgan fingerprint density at radius 1 is 0.871 bits per heavy atom. The van der Waals surface area contributed by atoms with Gasteiger partial charge < -0.3 is 4.90 Å². The molecule has 0 atom stereocenters. The average molecular weight is 443 g/mol. The molecule has 1 heterocycles. The Bertz CT molecular complexity index is 1010. The van der Waals surface area contributed by atoms with E-state index in [1.54, 1.807) is 4.90 Å². The number of benzene rings is 2. The number of rotatable bonds is 8. The first-order valence-corrected chi connectivity index (χ1v) is 12.2. The summed E-state index contributed by atoms with van der Waals surface area (Å²) in [4.78, 5) is 26.0. The van der Waals surface area contributed by atoms with Crippen LogP contribution in [0.2, 0.25) is 0 Å². The summed E-state index contributed by atoms with van der Waals surface area (Å²) in [5, 5.41) is 0. The van der Waals surface area contributed by atoms with Gasteiger partial charge in [0.2, 0.25) is 15.9 Å². The minimum Gasteiger partial charge on any atom is -0.340 e. The van der Waals surface area contributed by atoms with Crippen molar-refractivity contribution in [3.63, 3.8) is 0 Å². The van der Waals surface area contributed by atoms with Gasteiger partial charge in [0, 0.05) is 31.7 Å². The number of hydrogen-bond donors (Lipinski definition) is 0. The first-order chi connectivity index (χ1) is 14.8. The molecule has 0 unspecified atom stereocenters. The van der Waals surface area contributed by atoms with Gasteiger partial charge in [0.1, 0.15) is 0 Å². The van der Waals surface area contributed by atoms with Crippen molar-refractivity contribution in [2.75, 3.05) is 26.2 Å². The molecule has 0 bridgehead atoms. The van der Waals surface area contributed by atoms with Crippen molar-refractivity contribution in [1.82, 2.24) is 9.21 Å². The zero-order chi connectivity index (χ0) is 22.4. The van der Waals surface area contributed by atoms with E-state index < -0.39 is 10.0 Å². The summed E-state index contributed by atoms with van der Waals surface area (Å²) in [6.45, 7) is 4.89. The highest BCUT2D eigenvalue weighted by Gasteiger charge is 2.30. The van der Waals surface area contributed by atoms with Crippen LogP contribution < -0.4 is 0 Å². The van der Waals surface area contributed by atoms with Crippen LogP contribution in [-0.2, 0) is 27.7 Å². The smallest absolute Gasteiger partial charge is 0.243 e. The number of amides is 1. The van der Waals surface area contributed by atoms with Crippen LogP contribution in [0.25, 0.3) is 0 Å². The van der Waals surface area contributed by atoms with E-state index >= 15 is 0 Å². The number of sulfonamides is 1. The fourth-order valence-corrected chi connectivity index (χ4v) is 5.10. The van der Waals surface area contributed by atoms with Crippen LogP contribution >= 0.6 is 0 Å². The Morgan fingerprint density at radius 3 is 2.00 bits per heavy atom. The fourth-order valence-electron chi connectivity index (χ4n) is 3.68. The number of aryl methyl sites for hydroxylation is 1. The molecule has 7 heteroatoms. The molecule has 166 valence electrons. The molecule has 2 aromatic rings. The predicted octanol–water partition coefficient (Wildman–Crippen LogP) is 3.31. The van der Waals surface area contributed by atoms with Crippen molar-refractivity contribution in [1.29, 1.82) is 0 Å². The molecule has 31 heavy (non-hydrogen) atoms. The molecule has 6 nitrogen and oxygen atoms in total. The highest BCUT2D eigenvalue weighted by atomic mass is 32.2. The average Bonchev–Trinajstić information content (AvgIpc) is 2.78. The summed E-state index contributed by atoms with van der Waals surface area (Å²) in [6, 6.07) is 14.2. The summed E-state index contributed by atoms with van der Waals surface area (Å²) in [5.41, 5.74) is 2.74. The number of piperazine rings is 1. The van der Waals surface area contributed by atoms with E-state index in [9.17, 15) is 18.0 Å². The minimum atomic E-state index is -3.64. The van der Waals surface area contributed by atoms with Gasteiger partial charge in [0.05, 0.1) is 11.3 Å². The minimum absolute atomic E-state index is 0.0177. The first-order valence-electron chi connectivity index (χ1n) is 10.8. The molecule has 1 saturated heterocycles. The molecule has 1 aliphatic heterocycles. The Kier molecular flexibility index (Phi) is 7.62. The lowest BCUT2D eigenvalue weighted by Gasteiger charge is -2.34. The van der Waals surface area contributed by atoms with Crippen molar-refractivity contribution in [3.05, 3.63) is 65.2 Å². The Balaban J connectivity index is 1.55. The molecule has 0 saturated carbocycles. The summed E-state index contributed by atoms with van der Waals surface area (Å²) in [7, 11) is -3.64. The van der Waals surface area contributed by atoms with E-state index in [2.05, 4.69) is 19.1 Å². The van der Waals surface area contributed by atoms with Gasteiger partial charge in [-0.3, -0.25) is 9.59 Å². The number of ketones is 1. The predicted molar refractivity (Wildman–Crippen MR) is 121 cm³/mol. The van der Waals surface area contributed by atoms with Gasteiger partial charge in [0.15, 0.2) is 5.78 Å². The molecule has 1 amide bonds. The molecular formula is C24H30N2O4S. The van der Waals surface area contributed by atoms with Gasteiger partial charge in [-0.05, 0) is 43.0 Å². The van der Waals surface area contributed by atoms with Gasteiger partial charge in [-0.1, -0.05) is 49.7 Å². The molecule has 0 aliphatic carbocycles. The number of Topliss-reactive ketones (excluding diaryl/α,β-unsaturated/α-hetero) is 1. The van der Waals surface area contributed by atoms with Crippen molar-refractivity contribution < 1.29 is 18.0 Å². The maximum atomic E-state index is 12.9. The zero-order valence-corrected chi connectivity index (χ0v) is 19.0. The Morgan fingerprint density at radius 2 is 1.45 bits per heavy atom. The quantitative estimate of drug-likeness (QED) is 0.588. The lowest BCUT2D eigenvalue weighted by Crippen LogP contribution is -2.50. The molecule has 1 aliphatic rings. The highest BCUT2D eigenvalue weighted by Crippen LogP contribution is 2.19. The van der Waals surface area contributed by atoms with E-state index in [-0.39, 0.29) is 29.7 Å². The van der Waals surface area contributed by atoms with Crippen molar-refractivity contribution in [2.45, 2.75) is 44.4 Å². The second-order valence-electron chi connectivity index (χ2n) is 7.96. The molecule has 3 rings (SSSR count). The highest BCUT2D eigenvalue weighted by molar-refractivity contribution is 7.89. The molecular weight excluding hydrogens is 412 g/mol. The Hall–Kier alpha value is -2.51. The van der Waals surface area contributed by atoms with Gasteiger partial charge in [-0.2, -0.15) is 4.31 Å². The molecule has 1 fully saturated rings. The van der Waals surface area contributed by atoms with Crippen LogP contribution in [0.5, 0.6) is 0 Å². The maximum absolute atomic E-state index is 12.9. The summed E-state index contributed by atoms with van der Waals surface area (Å²) >= 11 is 0. The number of hydrogen-bond acceptors (Lipinski definition) is 4. The van der Waals surface area contributed by atoms with Crippen molar-refractivity contribution in [3.8, 4) is 0 Å². The zero-order valence-electron chi connectivity index (χ0n) is 18.2. The van der Waals surface area contributed by atoms with E-state index in [0.717, 1.165) is 24.8 Å². The largest absolute Gasteiger partial charge is 0.340 e. The third-order valence-corrected chi connectivity index (χ3v) is 7.60. The van der Waals surface area contributed by atoms with E-state index in [0.29, 0.717) is 25.1 Å². The SMILES string of the molecule is CCCCc1ccc(CC(=O)N2CCN(S(=O)(=O)c3ccc(C(C)=O)cc3)CC2)cc1. The maximum Gasteiger partial charge on any atom is 0.243 e. The lowest BCUT2D eigenvalue weighted by atomic mass is 10.0. The van der Waals surface area contributed by atoms with Crippen LogP contribution in [-0.4, -0.2) is 55.5 Å². The third kappa shape index (κ3) is 5.80. The van der Waals surface area contributed by atoms with Gasteiger partial charge in [-0.15, -0.1) is 0 Å². The van der Waals surface area contributed by atoms with Crippen molar-refractivity contribution in [2.24, 2.45) is 0 Å². The molecule has 2 aromatic carbocycles. The fraction of sp³-hybridized carbons (Fsp3) is 0.417. The van der Waals surface area contributed by atoms with E-state index in [1.165, 1.54) is 41.1 Å². The molecule has 0 radical (unpaired) electrons. The molecule has 0 spiro atoms. The van der Waals surface area contributed by atoms with Crippen LogP contribution in [0.3, 0.4) is 0 Å². The van der Waals surface area contributed by atoms with Crippen LogP contribution in [0.1, 0.15) is 48.2 Å². The number of carbonyl (C=O) groups excluding carboxylic acids is 2. The number of carbonyl (C=O) groups is 2. The topological polar surface area (TPSA) is 74.8 Å². The lowest BCUT2D eigenvalue weighted by molar-refractivity contribution is -0.131.